The number of hydrogen-bond donors (Lipinski definition) is 0. The fourth-order valence-corrected chi connectivity index (χ4v) is 3.72. The van der Waals surface area contributed by atoms with Gasteiger partial charge in [-0.3, -0.25) is 4.90 Å². The zero-order valence-electron chi connectivity index (χ0n) is 10.3. The molecule has 2 saturated heterocycles. The lowest BCUT2D eigenvalue weighted by atomic mass is 10.1. The minimum Gasteiger partial charge on any atom is -0.302 e. The minimum absolute atomic E-state index is 0.796. The zero-order valence-corrected chi connectivity index (χ0v) is 11.9. The Morgan fingerprint density at radius 1 is 0.875 bits per heavy atom. The van der Waals surface area contributed by atoms with E-state index in [9.17, 15) is 0 Å². The van der Waals surface area contributed by atoms with Crippen LogP contribution in [-0.4, -0.2) is 53.9 Å². The highest BCUT2D eigenvalue weighted by Gasteiger charge is 2.21. The molecule has 3 heteroatoms. The van der Waals surface area contributed by atoms with Crippen molar-refractivity contribution < 1.29 is 0 Å². The van der Waals surface area contributed by atoms with Crippen molar-refractivity contribution in [3.05, 3.63) is 0 Å². The van der Waals surface area contributed by atoms with Gasteiger partial charge in [-0.2, -0.15) is 0 Å². The molecule has 2 heterocycles. The summed E-state index contributed by atoms with van der Waals surface area (Å²) in [4.78, 5) is 5.36. The highest BCUT2D eigenvalue weighted by atomic mass is 79.9. The van der Waals surface area contributed by atoms with Gasteiger partial charge in [0, 0.05) is 24.5 Å². The Kier molecular flexibility index (Phi) is 5.60. The first-order valence-corrected chi connectivity index (χ1v) is 8.04. The van der Waals surface area contributed by atoms with Crippen molar-refractivity contribution in [3.8, 4) is 0 Å². The van der Waals surface area contributed by atoms with Crippen LogP contribution in [-0.2, 0) is 0 Å². The van der Waals surface area contributed by atoms with E-state index in [1.54, 1.807) is 0 Å². The Bertz CT molecular complexity index is 192. The summed E-state index contributed by atoms with van der Waals surface area (Å²) >= 11 is 3.68. The Labute approximate surface area is 108 Å². The summed E-state index contributed by atoms with van der Waals surface area (Å²) < 4.78 is 0. The summed E-state index contributed by atoms with van der Waals surface area (Å²) in [5, 5.41) is 1.16. The van der Waals surface area contributed by atoms with Crippen molar-refractivity contribution >= 4 is 15.9 Å². The minimum atomic E-state index is 0.796. The summed E-state index contributed by atoms with van der Waals surface area (Å²) in [5.41, 5.74) is 0. The standard InChI is InChI=1S/C13H25BrN2/c14-12-13-6-2-1-3-9-16(13)11-10-15-7-4-5-8-15/h13H,1-12H2. The van der Waals surface area contributed by atoms with E-state index in [1.807, 2.05) is 0 Å². The van der Waals surface area contributed by atoms with Gasteiger partial charge < -0.3 is 4.90 Å². The van der Waals surface area contributed by atoms with E-state index in [1.165, 1.54) is 71.2 Å². The number of rotatable bonds is 4. The molecule has 16 heavy (non-hydrogen) atoms. The van der Waals surface area contributed by atoms with Crippen LogP contribution in [0, 0.1) is 0 Å². The fraction of sp³-hybridized carbons (Fsp3) is 1.00. The smallest absolute Gasteiger partial charge is 0.0193 e. The molecule has 0 N–H and O–H groups in total. The molecule has 0 bridgehead atoms. The lowest BCUT2D eigenvalue weighted by Crippen LogP contribution is -2.41. The van der Waals surface area contributed by atoms with Crippen molar-refractivity contribution in [1.82, 2.24) is 9.80 Å². The Morgan fingerprint density at radius 3 is 2.38 bits per heavy atom. The van der Waals surface area contributed by atoms with Gasteiger partial charge in [0.2, 0.25) is 0 Å². The third-order valence-electron chi connectivity index (χ3n) is 4.08. The molecule has 0 saturated carbocycles. The van der Waals surface area contributed by atoms with E-state index in [0.717, 1.165) is 11.4 Å². The Balaban J connectivity index is 1.75. The van der Waals surface area contributed by atoms with Crippen LogP contribution in [0.4, 0.5) is 0 Å². The normalized spacial score (nSPS) is 29.4. The van der Waals surface area contributed by atoms with Gasteiger partial charge in [-0.05, 0) is 45.3 Å². The van der Waals surface area contributed by atoms with E-state index in [-0.39, 0.29) is 0 Å². The third-order valence-corrected chi connectivity index (χ3v) is 4.83. The van der Waals surface area contributed by atoms with Crippen LogP contribution in [0.15, 0.2) is 0 Å². The fourth-order valence-electron chi connectivity index (χ4n) is 2.98. The molecule has 0 aliphatic carbocycles. The predicted molar refractivity (Wildman–Crippen MR) is 73.3 cm³/mol. The highest BCUT2D eigenvalue weighted by molar-refractivity contribution is 9.09. The maximum absolute atomic E-state index is 3.68. The molecule has 2 nitrogen and oxygen atoms in total. The first-order valence-electron chi connectivity index (χ1n) is 6.92. The summed E-state index contributed by atoms with van der Waals surface area (Å²) in [6.07, 6.45) is 8.50. The molecular weight excluding hydrogens is 264 g/mol. The monoisotopic (exact) mass is 288 g/mol. The topological polar surface area (TPSA) is 6.48 Å². The zero-order chi connectivity index (χ0) is 11.2. The Morgan fingerprint density at radius 2 is 1.62 bits per heavy atom. The second-order valence-electron chi connectivity index (χ2n) is 5.24. The van der Waals surface area contributed by atoms with Crippen LogP contribution in [0.5, 0.6) is 0 Å². The van der Waals surface area contributed by atoms with Crippen LogP contribution in [0.1, 0.15) is 38.5 Å². The van der Waals surface area contributed by atoms with Gasteiger partial charge in [0.15, 0.2) is 0 Å². The van der Waals surface area contributed by atoms with Crippen molar-refractivity contribution in [1.29, 1.82) is 0 Å². The van der Waals surface area contributed by atoms with Gasteiger partial charge in [0.1, 0.15) is 0 Å². The first kappa shape index (κ1) is 12.8. The lowest BCUT2D eigenvalue weighted by molar-refractivity contribution is 0.186. The molecule has 0 aromatic rings. The van der Waals surface area contributed by atoms with E-state index in [4.69, 9.17) is 0 Å². The SMILES string of the molecule is BrCC1CCCCCN1CCN1CCCC1. The van der Waals surface area contributed by atoms with Crippen LogP contribution in [0.25, 0.3) is 0 Å². The highest BCUT2D eigenvalue weighted by Crippen LogP contribution is 2.18. The van der Waals surface area contributed by atoms with Gasteiger partial charge in [-0.15, -0.1) is 0 Å². The molecule has 0 aromatic heterocycles. The maximum Gasteiger partial charge on any atom is 0.0193 e. The molecule has 0 aromatic carbocycles. The molecule has 2 fully saturated rings. The molecule has 0 amide bonds. The average Bonchev–Trinajstić information content (AvgIpc) is 2.71. The van der Waals surface area contributed by atoms with Crippen LogP contribution in [0.2, 0.25) is 0 Å². The lowest BCUT2D eigenvalue weighted by Gasteiger charge is -2.30. The molecule has 0 spiro atoms. The molecule has 0 radical (unpaired) electrons. The number of halogens is 1. The summed E-state index contributed by atoms with van der Waals surface area (Å²) in [6, 6.07) is 0.796. The number of nitrogens with zero attached hydrogens (tertiary/aromatic N) is 2. The van der Waals surface area contributed by atoms with E-state index >= 15 is 0 Å². The van der Waals surface area contributed by atoms with Gasteiger partial charge in [-0.25, -0.2) is 0 Å². The second-order valence-corrected chi connectivity index (χ2v) is 5.89. The van der Waals surface area contributed by atoms with E-state index < -0.39 is 0 Å². The van der Waals surface area contributed by atoms with Crippen LogP contribution in [0.3, 0.4) is 0 Å². The molecule has 94 valence electrons. The molecule has 1 unspecified atom stereocenters. The van der Waals surface area contributed by atoms with Gasteiger partial charge >= 0.3 is 0 Å². The summed E-state index contributed by atoms with van der Waals surface area (Å²) in [6.45, 7) is 6.59. The quantitative estimate of drug-likeness (QED) is 0.734. The van der Waals surface area contributed by atoms with Gasteiger partial charge in [0.05, 0.1) is 0 Å². The summed E-state index contributed by atoms with van der Waals surface area (Å²) in [7, 11) is 0. The summed E-state index contributed by atoms with van der Waals surface area (Å²) in [5.74, 6) is 0. The molecule has 2 rings (SSSR count). The van der Waals surface area contributed by atoms with Crippen LogP contribution >= 0.6 is 15.9 Å². The molecule has 2 aliphatic rings. The maximum atomic E-state index is 3.68. The van der Waals surface area contributed by atoms with Crippen molar-refractivity contribution in [2.75, 3.05) is 38.1 Å². The van der Waals surface area contributed by atoms with E-state index in [2.05, 4.69) is 25.7 Å². The molecular formula is C13H25BrN2. The van der Waals surface area contributed by atoms with E-state index in [0.29, 0.717) is 0 Å². The molecule has 1 atom stereocenters. The largest absolute Gasteiger partial charge is 0.302 e. The number of alkyl halides is 1. The predicted octanol–water partition coefficient (Wildman–Crippen LogP) is 2.72. The number of likely N-dealkylation sites (tertiary alicyclic amines) is 2. The van der Waals surface area contributed by atoms with Crippen molar-refractivity contribution in [2.24, 2.45) is 0 Å². The molecule has 2 aliphatic heterocycles. The van der Waals surface area contributed by atoms with Crippen molar-refractivity contribution in [3.63, 3.8) is 0 Å². The van der Waals surface area contributed by atoms with Gasteiger partial charge in [-0.1, -0.05) is 28.8 Å². The second kappa shape index (κ2) is 6.97. The first-order chi connectivity index (χ1) is 7.90. The van der Waals surface area contributed by atoms with Gasteiger partial charge in [0.25, 0.3) is 0 Å². The van der Waals surface area contributed by atoms with Crippen LogP contribution < -0.4 is 0 Å². The van der Waals surface area contributed by atoms with Crippen molar-refractivity contribution in [2.45, 2.75) is 44.6 Å². The average molecular weight is 289 g/mol. The Hall–Kier alpha value is 0.400. The third kappa shape index (κ3) is 3.71. The number of hydrogen-bond acceptors (Lipinski definition) is 2.